The highest BCUT2D eigenvalue weighted by Crippen LogP contribution is 2.46. The third-order valence-electron chi connectivity index (χ3n) is 5.97. The van der Waals surface area contributed by atoms with E-state index in [1.807, 2.05) is 30.3 Å². The van der Waals surface area contributed by atoms with Crippen molar-refractivity contribution in [2.45, 2.75) is 50.5 Å². The van der Waals surface area contributed by atoms with Gasteiger partial charge in [0.25, 0.3) is 5.91 Å². The Hall–Kier alpha value is -3.00. The second-order valence-electron chi connectivity index (χ2n) is 8.09. The van der Waals surface area contributed by atoms with Gasteiger partial charge in [0, 0.05) is 12.5 Å². The summed E-state index contributed by atoms with van der Waals surface area (Å²) in [5, 5.41) is 7.29. The summed E-state index contributed by atoms with van der Waals surface area (Å²) >= 11 is 1.21. The van der Waals surface area contributed by atoms with Crippen LogP contribution < -0.4 is 11.1 Å². The molecule has 0 aliphatic heterocycles. The van der Waals surface area contributed by atoms with E-state index in [0.29, 0.717) is 46.4 Å². The molecule has 2 aliphatic carbocycles. The van der Waals surface area contributed by atoms with Gasteiger partial charge in [-0.05, 0) is 43.7 Å². The number of Topliss-reactive ketones (excluding diaryl/α,β-unsaturated/α-hetero) is 1. The molecule has 1 amide bonds. The average Bonchev–Trinajstić information content (AvgIpc) is 3.35. The number of thiophene rings is 1. The predicted octanol–water partition coefficient (Wildman–Crippen LogP) is 3.22. The number of ketones is 1. The van der Waals surface area contributed by atoms with Crippen molar-refractivity contribution in [3.05, 3.63) is 63.6 Å². The Labute approximate surface area is 177 Å². The lowest BCUT2D eigenvalue weighted by Gasteiger charge is -2.35. The Morgan fingerprint density at radius 3 is 2.77 bits per heavy atom. The van der Waals surface area contributed by atoms with Crippen LogP contribution in [0.15, 0.2) is 34.9 Å². The molecule has 0 spiro atoms. The van der Waals surface area contributed by atoms with E-state index in [1.54, 1.807) is 6.92 Å². The zero-order valence-corrected chi connectivity index (χ0v) is 17.4. The third-order valence-corrected chi connectivity index (χ3v) is 7.03. The molecular formula is C22H22N4O3S. The average molecular weight is 423 g/mol. The molecule has 154 valence electrons. The van der Waals surface area contributed by atoms with Gasteiger partial charge in [-0.1, -0.05) is 35.5 Å². The number of aromatic nitrogens is 2. The molecule has 1 fully saturated rings. The molecule has 1 unspecified atom stereocenters. The smallest absolute Gasteiger partial charge is 0.254 e. The molecular weight excluding hydrogens is 400 g/mol. The van der Waals surface area contributed by atoms with Gasteiger partial charge in [-0.25, -0.2) is 0 Å². The summed E-state index contributed by atoms with van der Waals surface area (Å²) in [5.74, 6) is 0.772. The van der Waals surface area contributed by atoms with E-state index in [9.17, 15) is 9.59 Å². The molecule has 0 radical (unpaired) electrons. The lowest BCUT2D eigenvalue weighted by Crippen LogP contribution is -2.42. The number of nitrogens with one attached hydrogen (secondary N) is 1. The first kappa shape index (κ1) is 19.0. The maximum absolute atomic E-state index is 13.9. The van der Waals surface area contributed by atoms with Crippen molar-refractivity contribution < 1.29 is 14.1 Å². The highest BCUT2D eigenvalue weighted by atomic mass is 32.1. The molecule has 0 bridgehead atoms. The van der Waals surface area contributed by atoms with Crippen LogP contribution >= 0.6 is 11.3 Å². The summed E-state index contributed by atoms with van der Waals surface area (Å²) in [7, 11) is 0. The number of hydrogen-bond acceptors (Lipinski definition) is 7. The molecule has 3 N–H and O–H groups in total. The SMILES string of the molecule is Cc1noc(CC2(c3ccccc3)CCc3c(sc(N)c3C(=O)NC3CC3)C2=O)n1. The Morgan fingerprint density at radius 2 is 2.10 bits per heavy atom. The quantitative estimate of drug-likeness (QED) is 0.653. The van der Waals surface area contributed by atoms with Crippen molar-refractivity contribution in [3.63, 3.8) is 0 Å². The maximum atomic E-state index is 13.9. The topological polar surface area (TPSA) is 111 Å². The first-order valence-electron chi connectivity index (χ1n) is 10.1. The van der Waals surface area contributed by atoms with E-state index in [0.717, 1.165) is 24.0 Å². The second-order valence-corrected chi connectivity index (χ2v) is 9.14. The summed E-state index contributed by atoms with van der Waals surface area (Å²) in [4.78, 5) is 31.6. The zero-order chi connectivity index (χ0) is 20.9. The van der Waals surface area contributed by atoms with Crippen LogP contribution in [-0.2, 0) is 18.3 Å². The standard InChI is InChI=1S/C22H22N4O3S/c1-12-24-16(29-26-12)11-22(13-5-3-2-4-6-13)10-9-15-17(21(28)25-14-7-8-14)20(23)30-18(15)19(22)27/h2-6,14H,7-11,23H2,1H3,(H,25,28). The Balaban J connectivity index is 1.58. The molecule has 7 nitrogen and oxygen atoms in total. The van der Waals surface area contributed by atoms with Crippen molar-refractivity contribution in [1.82, 2.24) is 15.5 Å². The highest BCUT2D eigenvalue weighted by molar-refractivity contribution is 7.18. The molecule has 2 heterocycles. The summed E-state index contributed by atoms with van der Waals surface area (Å²) < 4.78 is 5.37. The van der Waals surface area contributed by atoms with Crippen molar-refractivity contribution >= 4 is 28.0 Å². The van der Waals surface area contributed by atoms with E-state index < -0.39 is 5.41 Å². The van der Waals surface area contributed by atoms with Gasteiger partial charge in [0.15, 0.2) is 11.6 Å². The molecule has 1 atom stereocenters. The van der Waals surface area contributed by atoms with E-state index in [-0.39, 0.29) is 17.7 Å². The lowest BCUT2D eigenvalue weighted by atomic mass is 9.66. The van der Waals surface area contributed by atoms with Gasteiger partial charge in [-0.2, -0.15) is 4.98 Å². The van der Waals surface area contributed by atoms with Crippen molar-refractivity contribution in [2.75, 3.05) is 5.73 Å². The van der Waals surface area contributed by atoms with E-state index in [1.165, 1.54) is 11.3 Å². The number of carbonyl (C=O) groups excluding carboxylic acids is 2. The fourth-order valence-electron chi connectivity index (χ4n) is 4.28. The molecule has 1 saturated carbocycles. The van der Waals surface area contributed by atoms with E-state index in [2.05, 4.69) is 15.5 Å². The van der Waals surface area contributed by atoms with Gasteiger partial charge in [-0.15, -0.1) is 11.3 Å². The minimum absolute atomic E-state index is 0.0343. The molecule has 5 rings (SSSR count). The number of amides is 1. The summed E-state index contributed by atoms with van der Waals surface area (Å²) in [6.45, 7) is 1.76. The van der Waals surface area contributed by atoms with Crippen LogP contribution in [-0.4, -0.2) is 27.9 Å². The lowest BCUT2D eigenvalue weighted by molar-refractivity contribution is 0.0854. The van der Waals surface area contributed by atoms with E-state index >= 15 is 0 Å². The predicted molar refractivity (Wildman–Crippen MR) is 113 cm³/mol. The van der Waals surface area contributed by atoms with Crippen LogP contribution in [0.25, 0.3) is 0 Å². The van der Waals surface area contributed by atoms with Crippen molar-refractivity contribution in [3.8, 4) is 0 Å². The molecule has 1 aromatic carbocycles. The molecule has 8 heteroatoms. The fraction of sp³-hybridized carbons (Fsp3) is 0.364. The minimum atomic E-state index is -0.825. The monoisotopic (exact) mass is 422 g/mol. The number of nitrogens with two attached hydrogens (primary N) is 1. The largest absolute Gasteiger partial charge is 0.390 e. The van der Waals surface area contributed by atoms with Gasteiger partial charge in [0.05, 0.1) is 20.9 Å². The van der Waals surface area contributed by atoms with Crippen LogP contribution in [0.1, 0.15) is 62.1 Å². The molecule has 30 heavy (non-hydrogen) atoms. The van der Waals surface area contributed by atoms with Gasteiger partial charge in [0.1, 0.15) is 0 Å². The number of rotatable bonds is 5. The van der Waals surface area contributed by atoms with Gasteiger partial charge in [-0.3, -0.25) is 9.59 Å². The van der Waals surface area contributed by atoms with Crippen LogP contribution in [0, 0.1) is 6.92 Å². The molecule has 2 aliphatic rings. The van der Waals surface area contributed by atoms with Crippen molar-refractivity contribution in [1.29, 1.82) is 0 Å². The second kappa shape index (κ2) is 7.05. The fourth-order valence-corrected chi connectivity index (χ4v) is 5.44. The van der Waals surface area contributed by atoms with Crippen LogP contribution in [0.3, 0.4) is 0 Å². The number of nitrogen functional groups attached to an aromatic ring is 1. The number of anilines is 1. The number of carbonyl (C=O) groups is 2. The number of fused-ring (bicyclic) bond motifs is 1. The molecule has 0 saturated heterocycles. The minimum Gasteiger partial charge on any atom is -0.390 e. The third kappa shape index (κ3) is 3.11. The summed E-state index contributed by atoms with van der Waals surface area (Å²) in [6, 6.07) is 9.94. The van der Waals surface area contributed by atoms with Crippen LogP contribution in [0.5, 0.6) is 0 Å². The number of aryl methyl sites for hydroxylation is 1. The number of benzene rings is 1. The van der Waals surface area contributed by atoms with Gasteiger partial charge >= 0.3 is 0 Å². The first-order valence-corrected chi connectivity index (χ1v) is 10.9. The maximum Gasteiger partial charge on any atom is 0.254 e. The molecule has 3 aromatic rings. The Morgan fingerprint density at radius 1 is 1.33 bits per heavy atom. The normalized spacial score (nSPS) is 20.8. The molecule has 2 aromatic heterocycles. The highest BCUT2D eigenvalue weighted by Gasteiger charge is 2.47. The summed E-state index contributed by atoms with van der Waals surface area (Å²) in [5.41, 5.74) is 7.56. The Bertz CT molecular complexity index is 1130. The Kier molecular flexibility index (Phi) is 4.47. The zero-order valence-electron chi connectivity index (χ0n) is 16.6. The van der Waals surface area contributed by atoms with Gasteiger partial charge < -0.3 is 15.6 Å². The number of hydrogen-bond donors (Lipinski definition) is 2. The van der Waals surface area contributed by atoms with Crippen LogP contribution in [0.2, 0.25) is 0 Å². The van der Waals surface area contributed by atoms with Gasteiger partial charge in [0.2, 0.25) is 5.89 Å². The van der Waals surface area contributed by atoms with E-state index in [4.69, 9.17) is 10.3 Å². The van der Waals surface area contributed by atoms with Crippen molar-refractivity contribution in [2.24, 2.45) is 0 Å². The number of nitrogens with zero attached hydrogens (tertiary/aromatic N) is 2. The van der Waals surface area contributed by atoms with Crippen LogP contribution in [0.4, 0.5) is 5.00 Å². The summed E-state index contributed by atoms with van der Waals surface area (Å²) in [6.07, 6.45) is 3.45. The first-order chi connectivity index (χ1) is 14.5.